The van der Waals surface area contributed by atoms with Crippen LogP contribution in [0.3, 0.4) is 0 Å². The van der Waals surface area contributed by atoms with Crippen molar-refractivity contribution in [3.8, 4) is 11.4 Å². The molecule has 0 atom stereocenters. The Morgan fingerprint density at radius 1 is 1.00 bits per heavy atom. The normalized spacial score (nSPS) is 11.4. The summed E-state index contributed by atoms with van der Waals surface area (Å²) in [6.45, 7) is 8.57. The molecule has 0 amide bonds. The summed E-state index contributed by atoms with van der Waals surface area (Å²) in [4.78, 5) is 4.65. The molecule has 1 aromatic carbocycles. The van der Waals surface area contributed by atoms with E-state index in [4.69, 9.17) is 0 Å². The molecule has 0 aliphatic carbocycles. The van der Waals surface area contributed by atoms with E-state index < -0.39 is 0 Å². The van der Waals surface area contributed by atoms with E-state index in [9.17, 15) is 0 Å². The van der Waals surface area contributed by atoms with Gasteiger partial charge in [-0.15, -0.1) is 0 Å². The van der Waals surface area contributed by atoms with Crippen molar-refractivity contribution in [3.63, 3.8) is 0 Å². The summed E-state index contributed by atoms with van der Waals surface area (Å²) in [5.41, 5.74) is 1.08. The van der Waals surface area contributed by atoms with Gasteiger partial charge >= 0.3 is 0 Å². The SMILES string of the molecule is CC(C)c1nc(-c2ccccc2)nn1C(C)C. The molecule has 0 aliphatic rings. The Kier molecular flexibility index (Phi) is 3.27. The Bertz CT molecular complexity index is 458. The van der Waals surface area contributed by atoms with Gasteiger partial charge in [0.1, 0.15) is 5.82 Å². The molecule has 0 spiro atoms. The molecule has 1 aromatic heterocycles. The van der Waals surface area contributed by atoms with E-state index >= 15 is 0 Å². The molecule has 17 heavy (non-hydrogen) atoms. The highest BCUT2D eigenvalue weighted by Gasteiger charge is 2.15. The maximum atomic E-state index is 4.65. The first kappa shape index (κ1) is 11.8. The first-order valence-corrected chi connectivity index (χ1v) is 6.11. The quantitative estimate of drug-likeness (QED) is 0.804. The van der Waals surface area contributed by atoms with Crippen LogP contribution in [0.5, 0.6) is 0 Å². The minimum Gasteiger partial charge on any atom is -0.247 e. The van der Waals surface area contributed by atoms with Gasteiger partial charge < -0.3 is 0 Å². The third kappa shape index (κ3) is 2.38. The van der Waals surface area contributed by atoms with E-state index in [0.29, 0.717) is 12.0 Å². The van der Waals surface area contributed by atoms with Crippen molar-refractivity contribution in [1.82, 2.24) is 14.8 Å². The van der Waals surface area contributed by atoms with E-state index in [0.717, 1.165) is 17.2 Å². The molecule has 1 heterocycles. The fourth-order valence-electron chi connectivity index (χ4n) is 1.82. The molecular formula is C14H19N3. The highest BCUT2D eigenvalue weighted by atomic mass is 15.4. The fourth-order valence-corrected chi connectivity index (χ4v) is 1.82. The molecule has 2 aromatic rings. The summed E-state index contributed by atoms with van der Waals surface area (Å²) in [6, 6.07) is 10.5. The lowest BCUT2D eigenvalue weighted by Gasteiger charge is -2.10. The van der Waals surface area contributed by atoms with Gasteiger partial charge in [-0.2, -0.15) is 5.10 Å². The smallest absolute Gasteiger partial charge is 0.181 e. The molecule has 2 rings (SSSR count). The van der Waals surface area contributed by atoms with E-state index in [2.05, 4.69) is 37.8 Å². The van der Waals surface area contributed by atoms with E-state index in [1.54, 1.807) is 0 Å². The number of nitrogens with zero attached hydrogens (tertiary/aromatic N) is 3. The van der Waals surface area contributed by atoms with Gasteiger partial charge in [-0.3, -0.25) is 0 Å². The van der Waals surface area contributed by atoms with Gasteiger partial charge in [0.15, 0.2) is 5.82 Å². The standard InChI is InChI=1S/C14H19N3/c1-10(2)14-15-13(16-17(14)11(3)4)12-8-6-5-7-9-12/h5-11H,1-4H3. The van der Waals surface area contributed by atoms with Crippen LogP contribution in [-0.4, -0.2) is 14.8 Å². The second-order valence-corrected chi connectivity index (χ2v) is 4.85. The summed E-state index contributed by atoms with van der Waals surface area (Å²) in [6.07, 6.45) is 0. The molecule has 0 saturated carbocycles. The van der Waals surface area contributed by atoms with Crippen LogP contribution >= 0.6 is 0 Å². The molecular weight excluding hydrogens is 210 g/mol. The Labute approximate surface area is 103 Å². The Morgan fingerprint density at radius 3 is 2.12 bits per heavy atom. The van der Waals surface area contributed by atoms with Crippen molar-refractivity contribution in [3.05, 3.63) is 36.2 Å². The van der Waals surface area contributed by atoms with E-state index in [1.165, 1.54) is 0 Å². The number of aromatic nitrogens is 3. The monoisotopic (exact) mass is 229 g/mol. The topological polar surface area (TPSA) is 30.7 Å². The lowest BCUT2D eigenvalue weighted by Crippen LogP contribution is -2.09. The summed E-state index contributed by atoms with van der Waals surface area (Å²) < 4.78 is 2.02. The number of hydrogen-bond acceptors (Lipinski definition) is 2. The molecule has 0 radical (unpaired) electrons. The molecule has 0 aliphatic heterocycles. The zero-order valence-corrected chi connectivity index (χ0v) is 10.9. The van der Waals surface area contributed by atoms with Crippen molar-refractivity contribution in [2.24, 2.45) is 0 Å². The molecule has 90 valence electrons. The fraction of sp³-hybridized carbons (Fsp3) is 0.429. The predicted molar refractivity (Wildman–Crippen MR) is 69.9 cm³/mol. The maximum absolute atomic E-state index is 4.65. The largest absolute Gasteiger partial charge is 0.247 e. The minimum absolute atomic E-state index is 0.345. The van der Waals surface area contributed by atoms with Crippen molar-refractivity contribution >= 4 is 0 Å². The molecule has 0 N–H and O–H groups in total. The summed E-state index contributed by atoms with van der Waals surface area (Å²) in [5.74, 6) is 2.27. The lowest BCUT2D eigenvalue weighted by molar-refractivity contribution is 0.493. The van der Waals surface area contributed by atoms with Crippen molar-refractivity contribution in [1.29, 1.82) is 0 Å². The van der Waals surface area contributed by atoms with E-state index in [1.807, 2.05) is 35.0 Å². The first-order valence-electron chi connectivity index (χ1n) is 6.11. The molecule has 0 saturated heterocycles. The summed E-state index contributed by atoms with van der Waals surface area (Å²) in [7, 11) is 0. The third-order valence-corrected chi connectivity index (χ3v) is 2.70. The summed E-state index contributed by atoms with van der Waals surface area (Å²) in [5, 5.41) is 4.61. The van der Waals surface area contributed by atoms with Crippen LogP contribution in [0.1, 0.15) is 45.5 Å². The highest BCUT2D eigenvalue weighted by Crippen LogP contribution is 2.21. The van der Waals surface area contributed by atoms with E-state index in [-0.39, 0.29) is 0 Å². The molecule has 3 heteroatoms. The van der Waals surface area contributed by atoms with Crippen LogP contribution in [0.15, 0.2) is 30.3 Å². The maximum Gasteiger partial charge on any atom is 0.181 e. The molecule has 0 unspecified atom stereocenters. The van der Waals surface area contributed by atoms with Crippen LogP contribution in [0.25, 0.3) is 11.4 Å². The average Bonchev–Trinajstić information content (AvgIpc) is 2.75. The number of rotatable bonds is 3. The van der Waals surface area contributed by atoms with Gasteiger partial charge in [0.25, 0.3) is 0 Å². The van der Waals surface area contributed by atoms with Crippen molar-refractivity contribution in [2.75, 3.05) is 0 Å². The predicted octanol–water partition coefficient (Wildman–Crippen LogP) is 3.65. The van der Waals surface area contributed by atoms with Gasteiger partial charge in [0.05, 0.1) is 0 Å². The number of hydrogen-bond donors (Lipinski definition) is 0. The lowest BCUT2D eigenvalue weighted by atomic mass is 10.2. The molecule has 0 bridgehead atoms. The third-order valence-electron chi connectivity index (χ3n) is 2.70. The van der Waals surface area contributed by atoms with Gasteiger partial charge in [0.2, 0.25) is 0 Å². The first-order chi connectivity index (χ1) is 8.09. The van der Waals surface area contributed by atoms with Gasteiger partial charge in [-0.1, -0.05) is 44.2 Å². The van der Waals surface area contributed by atoms with Crippen LogP contribution < -0.4 is 0 Å². The summed E-state index contributed by atoms with van der Waals surface area (Å²) >= 11 is 0. The second kappa shape index (κ2) is 4.70. The van der Waals surface area contributed by atoms with Crippen molar-refractivity contribution < 1.29 is 0 Å². The Balaban J connectivity index is 2.48. The minimum atomic E-state index is 0.345. The zero-order valence-electron chi connectivity index (χ0n) is 10.9. The Morgan fingerprint density at radius 2 is 1.65 bits per heavy atom. The average molecular weight is 229 g/mol. The van der Waals surface area contributed by atoms with Gasteiger partial charge in [0, 0.05) is 17.5 Å². The Hall–Kier alpha value is -1.64. The molecule has 0 fully saturated rings. The van der Waals surface area contributed by atoms with Crippen LogP contribution in [-0.2, 0) is 0 Å². The van der Waals surface area contributed by atoms with Gasteiger partial charge in [-0.05, 0) is 13.8 Å². The zero-order chi connectivity index (χ0) is 12.4. The van der Waals surface area contributed by atoms with Gasteiger partial charge in [-0.25, -0.2) is 9.67 Å². The van der Waals surface area contributed by atoms with Crippen LogP contribution in [0, 0.1) is 0 Å². The van der Waals surface area contributed by atoms with Crippen molar-refractivity contribution in [2.45, 2.75) is 39.7 Å². The molecule has 3 nitrogen and oxygen atoms in total. The second-order valence-electron chi connectivity index (χ2n) is 4.85. The van der Waals surface area contributed by atoms with Crippen LogP contribution in [0.2, 0.25) is 0 Å². The number of benzene rings is 1. The highest BCUT2D eigenvalue weighted by molar-refractivity contribution is 5.54. The van der Waals surface area contributed by atoms with Crippen LogP contribution in [0.4, 0.5) is 0 Å².